The van der Waals surface area contributed by atoms with Gasteiger partial charge in [-0.25, -0.2) is 4.79 Å². The molecule has 0 aliphatic carbocycles. The van der Waals surface area contributed by atoms with Crippen LogP contribution in [0.4, 0.5) is 0 Å². The van der Waals surface area contributed by atoms with E-state index in [1.165, 1.54) is 6.20 Å². The lowest BCUT2D eigenvalue weighted by molar-refractivity contribution is -0.135. The van der Waals surface area contributed by atoms with E-state index < -0.39 is 5.97 Å². The smallest absolute Gasteiger partial charge is 0.340 e. The quantitative estimate of drug-likeness (QED) is 0.722. The second kappa shape index (κ2) is 4.87. The number of rotatable bonds is 2. The van der Waals surface area contributed by atoms with Crippen molar-refractivity contribution in [1.82, 2.24) is 4.90 Å². The molecule has 1 atom stereocenters. The summed E-state index contributed by atoms with van der Waals surface area (Å²) < 4.78 is 5.29. The predicted molar refractivity (Wildman–Crippen MR) is 60.5 cm³/mol. The largest absolute Gasteiger partial charge is 0.478 e. The fourth-order valence-electron chi connectivity index (χ4n) is 2.46. The van der Waals surface area contributed by atoms with Crippen LogP contribution in [0, 0.1) is 0 Å². The van der Waals surface area contributed by atoms with Crippen molar-refractivity contribution in [2.75, 3.05) is 13.2 Å². The zero-order valence-corrected chi connectivity index (χ0v) is 9.89. The molecule has 94 valence electrons. The van der Waals surface area contributed by atoms with Crippen molar-refractivity contribution in [1.29, 1.82) is 0 Å². The van der Waals surface area contributed by atoms with E-state index in [9.17, 15) is 9.59 Å². The number of ether oxygens (including phenoxy) is 1. The molecule has 1 fully saturated rings. The summed E-state index contributed by atoms with van der Waals surface area (Å²) >= 11 is 0. The molecule has 0 spiro atoms. The van der Waals surface area contributed by atoms with Crippen LogP contribution in [0.15, 0.2) is 11.8 Å². The number of carbonyl (C=O) groups is 2. The van der Waals surface area contributed by atoms with E-state index in [0.29, 0.717) is 19.3 Å². The van der Waals surface area contributed by atoms with Crippen LogP contribution in [-0.4, -0.2) is 47.1 Å². The van der Waals surface area contributed by atoms with Gasteiger partial charge in [-0.1, -0.05) is 0 Å². The first kappa shape index (κ1) is 12.1. The van der Waals surface area contributed by atoms with Gasteiger partial charge in [0.15, 0.2) is 5.78 Å². The Kier molecular flexibility index (Phi) is 3.47. The lowest BCUT2D eigenvalue weighted by Gasteiger charge is -2.40. The van der Waals surface area contributed by atoms with Gasteiger partial charge in [-0.3, -0.25) is 4.79 Å². The molecule has 0 aromatic carbocycles. The molecule has 2 aliphatic heterocycles. The molecule has 0 aromatic heterocycles. The zero-order chi connectivity index (χ0) is 12.4. The molecule has 0 saturated carbocycles. The van der Waals surface area contributed by atoms with E-state index in [1.54, 1.807) is 0 Å². The van der Waals surface area contributed by atoms with Gasteiger partial charge < -0.3 is 14.7 Å². The number of aliphatic carboxylic acids is 1. The molecule has 1 N–H and O–H groups in total. The first-order valence-electron chi connectivity index (χ1n) is 5.93. The van der Waals surface area contributed by atoms with Gasteiger partial charge in [0.2, 0.25) is 0 Å². The summed E-state index contributed by atoms with van der Waals surface area (Å²) in [6, 6.07) is 0.370. The van der Waals surface area contributed by atoms with E-state index in [0.717, 1.165) is 12.8 Å². The van der Waals surface area contributed by atoms with Gasteiger partial charge in [-0.2, -0.15) is 0 Å². The minimum atomic E-state index is -1.13. The maximum absolute atomic E-state index is 11.6. The Hall–Kier alpha value is -1.36. The Bertz CT molecular complexity index is 358. The summed E-state index contributed by atoms with van der Waals surface area (Å²) in [6.45, 7) is 3.37. The topological polar surface area (TPSA) is 66.8 Å². The number of hydrogen-bond donors (Lipinski definition) is 1. The van der Waals surface area contributed by atoms with E-state index in [-0.39, 0.29) is 23.8 Å². The third-order valence-electron chi connectivity index (χ3n) is 3.41. The van der Waals surface area contributed by atoms with Gasteiger partial charge >= 0.3 is 5.97 Å². The number of hydrogen-bond acceptors (Lipinski definition) is 4. The third kappa shape index (κ3) is 2.49. The van der Waals surface area contributed by atoms with Crippen molar-refractivity contribution < 1.29 is 19.4 Å². The normalized spacial score (nSPS) is 26.9. The van der Waals surface area contributed by atoms with Crippen molar-refractivity contribution in [2.45, 2.75) is 38.3 Å². The first-order valence-corrected chi connectivity index (χ1v) is 5.93. The molecule has 1 saturated heterocycles. The van der Waals surface area contributed by atoms with Crippen LogP contribution in [0.25, 0.3) is 0 Å². The maximum Gasteiger partial charge on any atom is 0.340 e. The number of carbonyl (C=O) groups excluding carboxylic acids is 1. The van der Waals surface area contributed by atoms with E-state index in [1.807, 2.05) is 11.8 Å². The Labute approximate surface area is 100 Å². The minimum absolute atomic E-state index is 0.0775. The predicted octanol–water partition coefficient (Wildman–Crippen LogP) is 0.797. The molecule has 0 radical (unpaired) electrons. The lowest BCUT2D eigenvalue weighted by atomic mass is 9.96. The van der Waals surface area contributed by atoms with E-state index in [4.69, 9.17) is 9.84 Å². The van der Waals surface area contributed by atoms with Crippen LogP contribution in [-0.2, 0) is 14.3 Å². The zero-order valence-electron chi connectivity index (χ0n) is 9.89. The number of Topliss-reactive ketones (excluding diaryl/α,β-unsaturated/α-hetero) is 1. The van der Waals surface area contributed by atoms with Crippen molar-refractivity contribution in [3.8, 4) is 0 Å². The summed E-state index contributed by atoms with van der Waals surface area (Å²) in [5.74, 6) is -1.40. The molecular formula is C12H17NO4. The van der Waals surface area contributed by atoms with E-state index in [2.05, 4.69) is 0 Å². The van der Waals surface area contributed by atoms with Gasteiger partial charge in [0.25, 0.3) is 0 Å². The van der Waals surface area contributed by atoms with Crippen molar-refractivity contribution in [3.63, 3.8) is 0 Å². The number of carboxylic acid groups (broad SMARTS) is 1. The summed E-state index contributed by atoms with van der Waals surface area (Å²) in [5, 5.41) is 8.97. The SMILES string of the molecule is CC1CC(=O)C(C(=O)O)=CN1C1CCOCC1. The van der Waals surface area contributed by atoms with Gasteiger partial charge in [-0.15, -0.1) is 0 Å². The lowest BCUT2D eigenvalue weighted by Crippen LogP contribution is -2.45. The van der Waals surface area contributed by atoms with E-state index >= 15 is 0 Å². The summed E-state index contributed by atoms with van der Waals surface area (Å²) in [6.07, 6.45) is 3.59. The first-order chi connectivity index (χ1) is 8.09. The molecule has 17 heavy (non-hydrogen) atoms. The fourth-order valence-corrected chi connectivity index (χ4v) is 2.46. The summed E-state index contributed by atoms with van der Waals surface area (Å²) in [5.41, 5.74) is -0.0883. The third-order valence-corrected chi connectivity index (χ3v) is 3.41. The Morgan fingerprint density at radius 1 is 1.47 bits per heavy atom. The standard InChI is InChI=1S/C12H17NO4/c1-8-6-11(14)10(12(15)16)7-13(8)9-2-4-17-5-3-9/h7-9H,2-6H2,1H3,(H,15,16). The van der Waals surface area contributed by atoms with Gasteiger partial charge in [-0.05, 0) is 19.8 Å². The molecule has 2 rings (SSSR count). The van der Waals surface area contributed by atoms with Crippen molar-refractivity contribution in [3.05, 3.63) is 11.8 Å². The highest BCUT2D eigenvalue weighted by Gasteiger charge is 2.32. The molecule has 5 nitrogen and oxygen atoms in total. The number of nitrogens with zero attached hydrogens (tertiary/aromatic N) is 1. The second-order valence-electron chi connectivity index (χ2n) is 4.62. The summed E-state index contributed by atoms with van der Waals surface area (Å²) in [7, 11) is 0. The van der Waals surface area contributed by atoms with Crippen LogP contribution in [0.5, 0.6) is 0 Å². The highest BCUT2D eigenvalue weighted by Crippen LogP contribution is 2.25. The number of carboxylic acids is 1. The van der Waals surface area contributed by atoms with Crippen molar-refractivity contribution >= 4 is 11.8 Å². The molecule has 5 heteroatoms. The molecule has 0 bridgehead atoms. The maximum atomic E-state index is 11.6. The highest BCUT2D eigenvalue weighted by molar-refractivity contribution is 6.17. The van der Waals surface area contributed by atoms with Crippen molar-refractivity contribution in [2.24, 2.45) is 0 Å². The molecule has 1 unspecified atom stereocenters. The second-order valence-corrected chi connectivity index (χ2v) is 4.62. The molecule has 0 aromatic rings. The Morgan fingerprint density at radius 2 is 2.12 bits per heavy atom. The molecule has 2 aliphatic rings. The Morgan fingerprint density at radius 3 is 2.71 bits per heavy atom. The van der Waals surface area contributed by atoms with Crippen LogP contribution in [0.1, 0.15) is 26.2 Å². The molecule has 0 amide bonds. The van der Waals surface area contributed by atoms with Gasteiger partial charge in [0, 0.05) is 37.9 Å². The van der Waals surface area contributed by atoms with Crippen LogP contribution < -0.4 is 0 Å². The van der Waals surface area contributed by atoms with Gasteiger partial charge in [0.05, 0.1) is 0 Å². The summed E-state index contributed by atoms with van der Waals surface area (Å²) in [4.78, 5) is 24.6. The average Bonchev–Trinajstić information content (AvgIpc) is 2.29. The van der Waals surface area contributed by atoms with Crippen LogP contribution in [0.3, 0.4) is 0 Å². The Balaban J connectivity index is 2.19. The monoisotopic (exact) mass is 239 g/mol. The minimum Gasteiger partial charge on any atom is -0.478 e. The average molecular weight is 239 g/mol. The van der Waals surface area contributed by atoms with Crippen LogP contribution >= 0.6 is 0 Å². The highest BCUT2D eigenvalue weighted by atomic mass is 16.5. The molecular weight excluding hydrogens is 222 g/mol. The van der Waals surface area contributed by atoms with Gasteiger partial charge in [0.1, 0.15) is 5.57 Å². The number of ketones is 1. The van der Waals surface area contributed by atoms with Crippen LogP contribution in [0.2, 0.25) is 0 Å². The molecule has 2 heterocycles. The fraction of sp³-hybridized carbons (Fsp3) is 0.667.